The molecular weight excluding hydrogens is 470 g/mol. The van der Waals surface area contributed by atoms with Gasteiger partial charge < -0.3 is 10.6 Å². The predicted octanol–water partition coefficient (Wildman–Crippen LogP) is 5.00. The Morgan fingerprint density at radius 2 is 1.72 bits per heavy atom. The van der Waals surface area contributed by atoms with Gasteiger partial charge in [-0.25, -0.2) is 17.9 Å². The highest BCUT2D eigenvalue weighted by Gasteiger charge is 2.25. The first-order valence-electron chi connectivity index (χ1n) is 9.46. The van der Waals surface area contributed by atoms with Crippen LogP contribution in [0.3, 0.4) is 0 Å². The Kier molecular flexibility index (Phi) is 5.81. The van der Waals surface area contributed by atoms with Gasteiger partial charge in [-0.05, 0) is 61.0 Å². The minimum atomic E-state index is -3.97. The third kappa shape index (κ3) is 4.27. The normalized spacial score (nSPS) is 12.8. The molecule has 32 heavy (non-hydrogen) atoms. The van der Waals surface area contributed by atoms with E-state index < -0.39 is 16.1 Å². The zero-order valence-corrected chi connectivity index (χ0v) is 19.4. The first-order valence-corrected chi connectivity index (χ1v) is 12.1. The van der Waals surface area contributed by atoms with Gasteiger partial charge in [0.1, 0.15) is 4.21 Å². The lowest BCUT2D eigenvalue weighted by molar-refractivity contribution is 0.105. The highest BCUT2D eigenvalue weighted by molar-refractivity contribution is 7.92. The summed E-state index contributed by atoms with van der Waals surface area (Å²) in [4.78, 5) is 25.8. The van der Waals surface area contributed by atoms with Gasteiger partial charge in [0, 0.05) is 40.0 Å². The Hall–Kier alpha value is -3.14. The number of rotatable bonds is 5. The van der Waals surface area contributed by atoms with Crippen molar-refractivity contribution in [2.75, 3.05) is 17.7 Å². The minimum Gasteiger partial charge on any atom is -0.388 e. The fraction of sp³-hybridized carbons (Fsp3) is 0.0909. The third-order valence-corrected chi connectivity index (χ3v) is 7.99. The lowest BCUT2D eigenvalue weighted by Gasteiger charge is -2.10. The molecule has 0 aliphatic heterocycles. The minimum absolute atomic E-state index is 0.0474. The second-order valence-electron chi connectivity index (χ2n) is 7.06. The average molecular weight is 488 g/mol. The first kappa shape index (κ1) is 22.1. The summed E-state index contributed by atoms with van der Waals surface area (Å²) in [6.45, 7) is 1.77. The van der Waals surface area contributed by atoms with E-state index in [4.69, 9.17) is 11.6 Å². The van der Waals surface area contributed by atoms with Gasteiger partial charge >= 0.3 is 6.03 Å². The highest BCUT2D eigenvalue weighted by atomic mass is 35.5. The number of hydrogen-bond donors (Lipinski definition) is 3. The van der Waals surface area contributed by atoms with Crippen LogP contribution in [-0.4, -0.2) is 27.3 Å². The van der Waals surface area contributed by atoms with Crippen LogP contribution in [-0.2, 0) is 10.0 Å². The molecule has 0 bridgehead atoms. The largest absolute Gasteiger partial charge is 0.388 e. The number of carbonyl (C=O) groups is 2. The van der Waals surface area contributed by atoms with Crippen molar-refractivity contribution in [1.29, 1.82) is 0 Å². The van der Waals surface area contributed by atoms with Crippen LogP contribution in [0.1, 0.15) is 26.4 Å². The summed E-state index contributed by atoms with van der Waals surface area (Å²) in [6, 6.07) is 12.3. The number of aryl methyl sites for hydroxylation is 1. The standard InChI is InChI=1S/C22H18ClN3O4S2/c1-12-3-8-20(31-12)32(29,30)26-22(28)25-15-5-7-17(19(23)11-15)18-10-13-9-14(24-2)4-6-16(13)21(18)27/h3-11,24H,1-2H3,(H2,25,26,28). The molecule has 2 aromatic carbocycles. The van der Waals surface area contributed by atoms with E-state index in [1.54, 1.807) is 44.3 Å². The number of sulfonamides is 1. The van der Waals surface area contributed by atoms with Gasteiger partial charge in [0.2, 0.25) is 0 Å². The molecule has 7 nitrogen and oxygen atoms in total. The van der Waals surface area contributed by atoms with Crippen LogP contribution >= 0.6 is 22.9 Å². The van der Waals surface area contributed by atoms with Crippen LogP contribution in [0.15, 0.2) is 52.7 Å². The highest BCUT2D eigenvalue weighted by Crippen LogP contribution is 2.36. The molecule has 1 aliphatic rings. The lowest BCUT2D eigenvalue weighted by atomic mass is 10.0. The van der Waals surface area contributed by atoms with E-state index in [1.807, 2.05) is 16.9 Å². The summed E-state index contributed by atoms with van der Waals surface area (Å²) in [5.41, 5.74) is 3.53. The molecule has 0 saturated carbocycles. The molecule has 0 spiro atoms. The van der Waals surface area contributed by atoms with Gasteiger partial charge in [0.05, 0.1) is 5.02 Å². The number of ketones is 1. The Balaban J connectivity index is 1.51. The maximum absolute atomic E-state index is 12.8. The fourth-order valence-corrected chi connectivity index (χ4v) is 5.78. The van der Waals surface area contributed by atoms with E-state index in [2.05, 4.69) is 10.6 Å². The molecule has 0 atom stereocenters. The number of amides is 2. The zero-order valence-electron chi connectivity index (χ0n) is 17.0. The van der Waals surface area contributed by atoms with E-state index >= 15 is 0 Å². The fourth-order valence-electron chi connectivity index (χ4n) is 3.31. The smallest absolute Gasteiger partial charge is 0.333 e. The van der Waals surface area contributed by atoms with Crippen molar-refractivity contribution in [3.05, 3.63) is 75.1 Å². The molecule has 3 N–H and O–H groups in total. The summed E-state index contributed by atoms with van der Waals surface area (Å²) >= 11 is 7.46. The van der Waals surface area contributed by atoms with Crippen molar-refractivity contribution in [2.24, 2.45) is 0 Å². The van der Waals surface area contributed by atoms with Gasteiger partial charge in [0.25, 0.3) is 10.0 Å². The number of thiophene rings is 1. The van der Waals surface area contributed by atoms with Crippen LogP contribution < -0.4 is 15.4 Å². The second-order valence-corrected chi connectivity index (χ2v) is 10.7. The molecule has 1 heterocycles. The number of carbonyl (C=O) groups excluding carboxylic acids is 2. The molecule has 4 rings (SSSR count). The zero-order chi connectivity index (χ0) is 23.0. The molecule has 0 fully saturated rings. The molecule has 0 unspecified atom stereocenters. The van der Waals surface area contributed by atoms with Crippen molar-refractivity contribution in [3.63, 3.8) is 0 Å². The lowest BCUT2D eigenvalue weighted by Crippen LogP contribution is -2.33. The topological polar surface area (TPSA) is 104 Å². The maximum atomic E-state index is 12.8. The van der Waals surface area contributed by atoms with Crippen LogP contribution in [0.25, 0.3) is 11.6 Å². The molecule has 1 aromatic heterocycles. The molecule has 164 valence electrons. The van der Waals surface area contributed by atoms with Crippen LogP contribution in [0, 0.1) is 6.92 Å². The number of anilines is 2. The van der Waals surface area contributed by atoms with E-state index in [0.29, 0.717) is 16.7 Å². The van der Waals surface area contributed by atoms with E-state index in [0.717, 1.165) is 27.5 Å². The number of allylic oxidation sites excluding steroid dienone is 1. The summed E-state index contributed by atoms with van der Waals surface area (Å²) < 4.78 is 26.6. The van der Waals surface area contributed by atoms with Gasteiger partial charge in [-0.3, -0.25) is 4.79 Å². The number of fused-ring (bicyclic) bond motifs is 1. The molecular formula is C22H18ClN3O4S2. The van der Waals surface area contributed by atoms with E-state index in [9.17, 15) is 18.0 Å². The number of halogens is 1. The monoisotopic (exact) mass is 487 g/mol. The number of Topliss-reactive ketones (excluding diaryl/α,β-unsaturated/α-hetero) is 1. The van der Waals surface area contributed by atoms with E-state index in [-0.39, 0.29) is 20.7 Å². The number of nitrogens with one attached hydrogen (secondary N) is 3. The van der Waals surface area contributed by atoms with Crippen LogP contribution in [0.2, 0.25) is 5.02 Å². The van der Waals surface area contributed by atoms with E-state index in [1.165, 1.54) is 12.1 Å². The number of hydrogen-bond acceptors (Lipinski definition) is 6. The van der Waals surface area contributed by atoms with Crippen molar-refractivity contribution in [1.82, 2.24) is 4.72 Å². The molecule has 2 amide bonds. The Morgan fingerprint density at radius 1 is 1.00 bits per heavy atom. The van der Waals surface area contributed by atoms with Crippen molar-refractivity contribution >= 4 is 67.8 Å². The quantitative estimate of drug-likeness (QED) is 0.469. The predicted molar refractivity (Wildman–Crippen MR) is 128 cm³/mol. The first-order chi connectivity index (χ1) is 15.2. The molecule has 10 heteroatoms. The summed E-state index contributed by atoms with van der Waals surface area (Å²) in [6.07, 6.45) is 1.77. The van der Waals surface area contributed by atoms with Crippen molar-refractivity contribution in [2.45, 2.75) is 11.1 Å². The van der Waals surface area contributed by atoms with Crippen LogP contribution in [0.4, 0.5) is 16.2 Å². The third-order valence-electron chi connectivity index (χ3n) is 4.85. The van der Waals surface area contributed by atoms with Crippen LogP contribution in [0.5, 0.6) is 0 Å². The molecule has 3 aromatic rings. The molecule has 0 radical (unpaired) electrons. The summed E-state index contributed by atoms with van der Waals surface area (Å²) in [5, 5.41) is 5.74. The van der Waals surface area contributed by atoms with Gasteiger partial charge in [-0.2, -0.15) is 0 Å². The average Bonchev–Trinajstić information content (AvgIpc) is 3.31. The molecule has 0 saturated heterocycles. The maximum Gasteiger partial charge on any atom is 0.333 e. The van der Waals surface area contributed by atoms with Crippen molar-refractivity contribution < 1.29 is 18.0 Å². The summed E-state index contributed by atoms with van der Waals surface area (Å²) in [7, 11) is -2.17. The SMILES string of the molecule is CNc1ccc2c(c1)C=C(c1ccc(NC(=O)NS(=O)(=O)c3ccc(C)s3)cc1Cl)C2=O. The van der Waals surface area contributed by atoms with Gasteiger partial charge in [-0.1, -0.05) is 17.7 Å². The second kappa shape index (κ2) is 8.42. The molecule has 1 aliphatic carbocycles. The van der Waals surface area contributed by atoms with Crippen molar-refractivity contribution in [3.8, 4) is 0 Å². The number of benzene rings is 2. The summed E-state index contributed by atoms with van der Waals surface area (Å²) in [5.74, 6) is -0.139. The van der Waals surface area contributed by atoms with Gasteiger partial charge in [-0.15, -0.1) is 11.3 Å². The van der Waals surface area contributed by atoms with Gasteiger partial charge in [0.15, 0.2) is 5.78 Å². The Labute approximate surface area is 194 Å². The Morgan fingerprint density at radius 3 is 2.38 bits per heavy atom. The number of urea groups is 1. The Bertz CT molecular complexity index is 1390.